The van der Waals surface area contributed by atoms with Crippen LogP contribution in [0, 0.1) is 0 Å². The molecule has 3 aromatic carbocycles. The summed E-state index contributed by atoms with van der Waals surface area (Å²) in [6.07, 6.45) is 1.44. The molecule has 0 aliphatic carbocycles. The van der Waals surface area contributed by atoms with Gasteiger partial charge < -0.3 is 15.1 Å². The van der Waals surface area contributed by atoms with Crippen molar-refractivity contribution in [2.45, 2.75) is 32.7 Å². The Balaban J connectivity index is 1.73. The molecule has 1 aliphatic heterocycles. The molecule has 4 rings (SSSR count). The van der Waals surface area contributed by atoms with Crippen molar-refractivity contribution in [3.63, 3.8) is 0 Å². The van der Waals surface area contributed by atoms with Gasteiger partial charge in [0.05, 0.1) is 0 Å². The zero-order valence-electron chi connectivity index (χ0n) is 20.3. The smallest absolute Gasteiger partial charge is 0.116 e. The molecule has 0 amide bonds. The Kier molecular flexibility index (Phi) is 8.04. The lowest BCUT2D eigenvalue weighted by Gasteiger charge is -2.38. The first kappa shape index (κ1) is 24.1. The minimum absolute atomic E-state index is 0.144. The number of phenols is 1. The molecule has 4 nitrogen and oxygen atoms in total. The summed E-state index contributed by atoms with van der Waals surface area (Å²) in [4.78, 5) is 4.99. The van der Waals surface area contributed by atoms with Crippen molar-refractivity contribution in [1.82, 2.24) is 4.90 Å². The number of rotatable bonds is 8. The first-order valence-corrected chi connectivity index (χ1v) is 12.3. The highest BCUT2D eigenvalue weighted by Gasteiger charge is 2.20. The number of benzene rings is 3. The number of allylic oxidation sites excluding steroid dienone is 1. The van der Waals surface area contributed by atoms with E-state index in [4.69, 9.17) is 0 Å². The number of phenolic OH excluding ortho intramolecular Hbond substituents is 1. The van der Waals surface area contributed by atoms with E-state index in [1.807, 2.05) is 30.3 Å². The molecular weight excluding hydrogens is 420 g/mol. The van der Waals surface area contributed by atoms with Gasteiger partial charge in [0, 0.05) is 44.5 Å². The third kappa shape index (κ3) is 5.69. The zero-order valence-corrected chi connectivity index (χ0v) is 20.3. The highest BCUT2D eigenvalue weighted by molar-refractivity contribution is 5.99. The molecule has 0 unspecified atom stereocenters. The van der Waals surface area contributed by atoms with Crippen LogP contribution in [0.2, 0.25) is 0 Å². The molecule has 0 saturated carbocycles. The maximum atomic E-state index is 10.2. The zero-order chi connectivity index (χ0) is 23.9. The number of piperazine rings is 1. The van der Waals surface area contributed by atoms with Gasteiger partial charge in [0.15, 0.2) is 0 Å². The third-order valence-corrected chi connectivity index (χ3v) is 6.71. The molecule has 0 radical (unpaired) electrons. The van der Waals surface area contributed by atoms with Gasteiger partial charge in [0.1, 0.15) is 5.75 Å². The topological polar surface area (TPSA) is 46.9 Å². The minimum Gasteiger partial charge on any atom is -0.508 e. The standard InChI is InChI=1S/C30H36N2O2/c1-23(2)31-17-19-32(20-18-31)27-15-13-25(14-16-27)30(26-10-6-11-28(34)22-26)29(12-7-21-33)24-8-4-3-5-9-24/h3-6,8-11,13-16,22-23,33-34H,7,12,17-21H2,1-2H3/b30-29+. The average Bonchev–Trinajstić information content (AvgIpc) is 2.87. The summed E-state index contributed by atoms with van der Waals surface area (Å²) < 4.78 is 0. The summed E-state index contributed by atoms with van der Waals surface area (Å²) in [5.74, 6) is 0.254. The van der Waals surface area contributed by atoms with Crippen LogP contribution in [0.4, 0.5) is 5.69 Å². The van der Waals surface area contributed by atoms with Crippen molar-refractivity contribution in [3.8, 4) is 5.75 Å². The molecule has 0 atom stereocenters. The Morgan fingerprint density at radius 3 is 2.09 bits per heavy atom. The maximum absolute atomic E-state index is 10.2. The fourth-order valence-corrected chi connectivity index (χ4v) is 4.82. The van der Waals surface area contributed by atoms with Crippen molar-refractivity contribution in [2.75, 3.05) is 37.7 Å². The highest BCUT2D eigenvalue weighted by atomic mass is 16.3. The Hall–Kier alpha value is -3.08. The number of aromatic hydroxyl groups is 1. The van der Waals surface area contributed by atoms with E-state index in [0.717, 1.165) is 54.9 Å². The SMILES string of the molecule is CC(C)N1CCN(c2ccc(/C(=C(/CCCO)c3ccccc3)c3cccc(O)c3)cc2)CC1. The lowest BCUT2D eigenvalue weighted by atomic mass is 9.87. The second-order valence-electron chi connectivity index (χ2n) is 9.26. The molecule has 1 aliphatic rings. The summed E-state index contributed by atoms with van der Waals surface area (Å²) in [7, 11) is 0. The summed E-state index contributed by atoms with van der Waals surface area (Å²) in [6, 6.07) is 27.3. The van der Waals surface area contributed by atoms with Gasteiger partial charge in [-0.1, -0.05) is 54.6 Å². The number of hydrogen-bond acceptors (Lipinski definition) is 4. The molecule has 1 fully saturated rings. The van der Waals surface area contributed by atoms with Crippen LogP contribution in [-0.2, 0) is 0 Å². The van der Waals surface area contributed by atoms with E-state index in [1.165, 1.54) is 11.3 Å². The summed E-state index contributed by atoms with van der Waals surface area (Å²) >= 11 is 0. The summed E-state index contributed by atoms with van der Waals surface area (Å²) in [6.45, 7) is 8.93. The van der Waals surface area contributed by atoms with Crippen LogP contribution in [0.15, 0.2) is 78.9 Å². The summed E-state index contributed by atoms with van der Waals surface area (Å²) in [5, 5.41) is 19.8. The Labute approximate surface area is 203 Å². The fraction of sp³-hybridized carbons (Fsp3) is 0.333. The number of anilines is 1. The molecule has 1 saturated heterocycles. The van der Waals surface area contributed by atoms with E-state index in [9.17, 15) is 10.2 Å². The fourth-order valence-electron chi connectivity index (χ4n) is 4.82. The van der Waals surface area contributed by atoms with E-state index in [1.54, 1.807) is 6.07 Å². The molecule has 1 heterocycles. The number of aliphatic hydroxyl groups is 1. The largest absolute Gasteiger partial charge is 0.508 e. The Bertz CT molecular complexity index is 1080. The Morgan fingerprint density at radius 2 is 1.47 bits per heavy atom. The molecule has 0 spiro atoms. The van der Waals surface area contributed by atoms with Gasteiger partial charge in [0.25, 0.3) is 0 Å². The van der Waals surface area contributed by atoms with E-state index in [0.29, 0.717) is 12.5 Å². The van der Waals surface area contributed by atoms with Crippen molar-refractivity contribution >= 4 is 16.8 Å². The van der Waals surface area contributed by atoms with E-state index in [2.05, 4.69) is 66.1 Å². The van der Waals surface area contributed by atoms with Crippen molar-refractivity contribution in [1.29, 1.82) is 0 Å². The number of aliphatic hydroxyl groups excluding tert-OH is 1. The minimum atomic E-state index is 0.144. The van der Waals surface area contributed by atoms with Gasteiger partial charge >= 0.3 is 0 Å². The molecule has 4 heteroatoms. The van der Waals surface area contributed by atoms with Gasteiger partial charge in [-0.3, -0.25) is 4.90 Å². The number of hydrogen-bond donors (Lipinski definition) is 2. The van der Waals surface area contributed by atoms with Gasteiger partial charge in [0.2, 0.25) is 0 Å². The normalized spacial score (nSPS) is 15.5. The average molecular weight is 457 g/mol. The van der Waals surface area contributed by atoms with Gasteiger partial charge in [-0.25, -0.2) is 0 Å². The predicted molar refractivity (Wildman–Crippen MR) is 142 cm³/mol. The highest BCUT2D eigenvalue weighted by Crippen LogP contribution is 2.37. The first-order valence-electron chi connectivity index (χ1n) is 12.3. The van der Waals surface area contributed by atoms with Crippen molar-refractivity contribution < 1.29 is 10.2 Å². The Morgan fingerprint density at radius 1 is 0.794 bits per heavy atom. The molecule has 3 aromatic rings. The molecule has 178 valence electrons. The van der Waals surface area contributed by atoms with Crippen LogP contribution >= 0.6 is 0 Å². The van der Waals surface area contributed by atoms with Crippen LogP contribution in [0.25, 0.3) is 11.1 Å². The monoisotopic (exact) mass is 456 g/mol. The van der Waals surface area contributed by atoms with Crippen LogP contribution in [-0.4, -0.2) is 53.9 Å². The van der Waals surface area contributed by atoms with E-state index < -0.39 is 0 Å². The maximum Gasteiger partial charge on any atom is 0.116 e. The van der Waals surface area contributed by atoms with Crippen molar-refractivity contribution in [2.24, 2.45) is 0 Å². The first-order chi connectivity index (χ1) is 16.6. The number of nitrogens with zero attached hydrogens (tertiary/aromatic N) is 2. The molecule has 0 bridgehead atoms. The lowest BCUT2D eigenvalue weighted by molar-refractivity contribution is 0.209. The van der Waals surface area contributed by atoms with Crippen LogP contribution in [0.3, 0.4) is 0 Å². The van der Waals surface area contributed by atoms with Crippen molar-refractivity contribution in [3.05, 3.63) is 95.6 Å². The van der Waals surface area contributed by atoms with Crippen LogP contribution < -0.4 is 4.90 Å². The van der Waals surface area contributed by atoms with Crippen LogP contribution in [0.1, 0.15) is 43.4 Å². The third-order valence-electron chi connectivity index (χ3n) is 6.71. The van der Waals surface area contributed by atoms with Gasteiger partial charge in [-0.05, 0) is 78.8 Å². The second kappa shape index (κ2) is 11.4. The van der Waals surface area contributed by atoms with Gasteiger partial charge in [-0.2, -0.15) is 0 Å². The lowest BCUT2D eigenvalue weighted by Crippen LogP contribution is -2.48. The predicted octanol–water partition coefficient (Wildman–Crippen LogP) is 5.65. The molecule has 0 aromatic heterocycles. The molecular formula is C30H36N2O2. The second-order valence-corrected chi connectivity index (χ2v) is 9.26. The van der Waals surface area contributed by atoms with E-state index in [-0.39, 0.29) is 12.4 Å². The quantitative estimate of drug-likeness (QED) is 0.430. The van der Waals surface area contributed by atoms with Crippen LogP contribution in [0.5, 0.6) is 5.75 Å². The van der Waals surface area contributed by atoms with Gasteiger partial charge in [-0.15, -0.1) is 0 Å². The summed E-state index contributed by atoms with van der Waals surface area (Å²) in [5.41, 5.74) is 6.77. The molecule has 34 heavy (non-hydrogen) atoms. The molecule has 2 N–H and O–H groups in total. The van der Waals surface area contributed by atoms with E-state index >= 15 is 0 Å².